The third-order valence-corrected chi connectivity index (χ3v) is 3.46. The number of hydrogen-bond donors (Lipinski definition) is 1. The molecule has 1 amide bonds. The smallest absolute Gasteiger partial charge is 0.309 e. The van der Waals surface area contributed by atoms with Crippen molar-refractivity contribution in [3.8, 4) is 0 Å². The van der Waals surface area contributed by atoms with Crippen LogP contribution in [0.25, 0.3) is 0 Å². The van der Waals surface area contributed by atoms with Gasteiger partial charge in [0.2, 0.25) is 5.82 Å². The van der Waals surface area contributed by atoms with Crippen LogP contribution in [0, 0.1) is 21.8 Å². The van der Waals surface area contributed by atoms with E-state index in [0.717, 1.165) is 37.8 Å². The zero-order valence-corrected chi connectivity index (χ0v) is 11.7. The second-order valence-electron chi connectivity index (χ2n) is 5.06. The summed E-state index contributed by atoms with van der Waals surface area (Å²) in [5.74, 6) is -2.18. The summed E-state index contributed by atoms with van der Waals surface area (Å²) >= 11 is 0. The Kier molecular flexibility index (Phi) is 5.03. The van der Waals surface area contributed by atoms with Crippen LogP contribution in [0.4, 0.5) is 15.8 Å². The quantitative estimate of drug-likeness (QED) is 0.511. The maximum absolute atomic E-state index is 13.2. The van der Waals surface area contributed by atoms with Crippen LogP contribution < -0.4 is 5.32 Å². The van der Waals surface area contributed by atoms with Crippen molar-refractivity contribution in [3.63, 3.8) is 0 Å². The molecular weight excluding hydrogens is 295 g/mol. The fraction of sp³-hybridized carbons (Fsp3) is 0.429. The monoisotopic (exact) mass is 310 g/mol. The molecule has 0 spiro atoms. The molecule has 0 heterocycles. The highest BCUT2D eigenvalue weighted by Crippen LogP contribution is 2.25. The summed E-state index contributed by atoms with van der Waals surface area (Å²) in [4.78, 5) is 33.0. The van der Waals surface area contributed by atoms with Crippen LogP contribution in [0.15, 0.2) is 18.2 Å². The van der Waals surface area contributed by atoms with E-state index in [9.17, 15) is 24.1 Å². The lowest BCUT2D eigenvalue weighted by molar-refractivity contribution is -0.387. The van der Waals surface area contributed by atoms with Crippen LogP contribution in [0.5, 0.6) is 0 Å². The number of carbonyl (C=O) groups is 2. The molecule has 0 atom stereocenters. The van der Waals surface area contributed by atoms with Crippen molar-refractivity contribution in [3.05, 3.63) is 34.1 Å². The molecule has 1 aromatic rings. The largest absolute Gasteiger partial charge is 0.455 e. The maximum Gasteiger partial charge on any atom is 0.309 e. The van der Waals surface area contributed by atoms with Gasteiger partial charge in [0.05, 0.1) is 10.8 Å². The number of esters is 1. The molecule has 118 valence electrons. The molecule has 7 nitrogen and oxygen atoms in total. The first-order valence-corrected chi connectivity index (χ1v) is 6.88. The number of carbonyl (C=O) groups excluding carboxylic acids is 2. The Morgan fingerprint density at radius 3 is 2.68 bits per heavy atom. The lowest BCUT2D eigenvalue weighted by Crippen LogP contribution is -2.23. The topological polar surface area (TPSA) is 98.5 Å². The van der Waals surface area contributed by atoms with E-state index >= 15 is 0 Å². The zero-order valence-electron chi connectivity index (χ0n) is 11.7. The molecule has 22 heavy (non-hydrogen) atoms. The average molecular weight is 310 g/mol. The lowest BCUT2D eigenvalue weighted by Gasteiger charge is -2.10. The number of halogens is 1. The highest BCUT2D eigenvalue weighted by atomic mass is 19.1. The van der Waals surface area contributed by atoms with Crippen molar-refractivity contribution in [2.24, 2.45) is 5.92 Å². The van der Waals surface area contributed by atoms with Gasteiger partial charge < -0.3 is 10.1 Å². The van der Waals surface area contributed by atoms with Gasteiger partial charge in [-0.3, -0.25) is 19.7 Å². The molecule has 8 heteroatoms. The van der Waals surface area contributed by atoms with E-state index in [0.29, 0.717) is 0 Å². The van der Waals surface area contributed by atoms with Crippen molar-refractivity contribution < 1.29 is 23.6 Å². The van der Waals surface area contributed by atoms with Gasteiger partial charge >= 0.3 is 11.7 Å². The summed E-state index contributed by atoms with van der Waals surface area (Å²) in [6, 6.07) is 2.99. The SMILES string of the molecule is O=C(COC(=O)C1CCCC1)Nc1ccc(F)c([N+](=O)[O-])c1. The van der Waals surface area contributed by atoms with Gasteiger partial charge in [-0.1, -0.05) is 12.8 Å². The van der Waals surface area contributed by atoms with E-state index in [2.05, 4.69) is 5.32 Å². The molecule has 0 aromatic heterocycles. The number of ether oxygens (including phenoxy) is 1. The third kappa shape index (κ3) is 4.00. The first-order chi connectivity index (χ1) is 10.5. The normalized spacial score (nSPS) is 14.6. The number of nitrogens with one attached hydrogen (secondary N) is 1. The van der Waals surface area contributed by atoms with Crippen LogP contribution in [0.2, 0.25) is 0 Å². The molecule has 0 unspecified atom stereocenters. The number of benzene rings is 1. The highest BCUT2D eigenvalue weighted by Gasteiger charge is 2.24. The number of anilines is 1. The molecule has 1 aromatic carbocycles. The molecule has 1 aliphatic carbocycles. The Morgan fingerprint density at radius 1 is 1.36 bits per heavy atom. The number of nitrogens with zero attached hydrogens (tertiary/aromatic N) is 1. The van der Waals surface area contributed by atoms with Crippen molar-refractivity contribution in [1.29, 1.82) is 0 Å². The van der Waals surface area contributed by atoms with E-state index in [4.69, 9.17) is 4.74 Å². The Bertz CT molecular complexity index is 599. The van der Waals surface area contributed by atoms with Gasteiger partial charge in [0.25, 0.3) is 5.91 Å². The van der Waals surface area contributed by atoms with E-state index < -0.39 is 34.9 Å². The molecule has 0 bridgehead atoms. The molecule has 0 aliphatic heterocycles. The second kappa shape index (κ2) is 6.97. The predicted octanol–water partition coefficient (Wildman–Crippen LogP) is 2.41. The number of nitro groups is 1. The second-order valence-corrected chi connectivity index (χ2v) is 5.06. The zero-order chi connectivity index (χ0) is 16.1. The highest BCUT2D eigenvalue weighted by molar-refractivity contribution is 5.93. The Morgan fingerprint density at radius 2 is 2.05 bits per heavy atom. The molecular formula is C14H15FN2O5. The summed E-state index contributed by atoms with van der Waals surface area (Å²) in [7, 11) is 0. The average Bonchev–Trinajstić information content (AvgIpc) is 3.01. The van der Waals surface area contributed by atoms with Gasteiger partial charge in [0.15, 0.2) is 6.61 Å². The molecule has 2 rings (SSSR count). The number of hydrogen-bond acceptors (Lipinski definition) is 5. The lowest BCUT2D eigenvalue weighted by atomic mass is 10.1. The fourth-order valence-electron chi connectivity index (χ4n) is 2.34. The summed E-state index contributed by atoms with van der Waals surface area (Å²) in [5, 5.41) is 12.9. The minimum atomic E-state index is -0.990. The standard InChI is InChI=1S/C14H15FN2O5/c15-11-6-5-10(7-12(11)17(20)21)16-13(18)8-22-14(19)9-3-1-2-4-9/h5-7,9H,1-4,8H2,(H,16,18). The van der Waals surface area contributed by atoms with Crippen LogP contribution in [0.3, 0.4) is 0 Å². The van der Waals surface area contributed by atoms with Gasteiger partial charge in [-0.2, -0.15) is 4.39 Å². The minimum Gasteiger partial charge on any atom is -0.455 e. The van der Waals surface area contributed by atoms with E-state index in [1.54, 1.807) is 0 Å². The van der Waals surface area contributed by atoms with Gasteiger partial charge in [0, 0.05) is 11.8 Å². The van der Waals surface area contributed by atoms with Crippen LogP contribution in [-0.4, -0.2) is 23.4 Å². The van der Waals surface area contributed by atoms with Gasteiger partial charge in [-0.15, -0.1) is 0 Å². The Hall–Kier alpha value is -2.51. The van der Waals surface area contributed by atoms with Crippen LogP contribution in [0.1, 0.15) is 25.7 Å². The minimum absolute atomic E-state index is 0.0648. The van der Waals surface area contributed by atoms with Gasteiger partial charge in [0.1, 0.15) is 0 Å². The van der Waals surface area contributed by atoms with Crippen molar-refractivity contribution in [1.82, 2.24) is 0 Å². The Balaban J connectivity index is 1.87. The van der Waals surface area contributed by atoms with Crippen molar-refractivity contribution in [2.75, 3.05) is 11.9 Å². The summed E-state index contributed by atoms with van der Waals surface area (Å²) in [6.07, 6.45) is 3.49. The summed E-state index contributed by atoms with van der Waals surface area (Å²) in [5.41, 5.74) is -0.671. The number of nitro benzene ring substituents is 1. The molecule has 1 aliphatic rings. The van der Waals surface area contributed by atoms with Crippen LogP contribution >= 0.6 is 0 Å². The van der Waals surface area contributed by atoms with Crippen molar-refractivity contribution >= 4 is 23.3 Å². The first-order valence-electron chi connectivity index (χ1n) is 6.88. The fourth-order valence-corrected chi connectivity index (χ4v) is 2.34. The van der Waals surface area contributed by atoms with E-state index in [1.807, 2.05) is 0 Å². The summed E-state index contributed by atoms with van der Waals surface area (Å²) < 4.78 is 18.1. The number of amides is 1. The number of rotatable bonds is 5. The van der Waals surface area contributed by atoms with E-state index in [1.165, 1.54) is 6.07 Å². The molecule has 1 fully saturated rings. The predicted molar refractivity (Wildman–Crippen MR) is 74.6 cm³/mol. The van der Waals surface area contributed by atoms with Gasteiger partial charge in [-0.25, -0.2) is 0 Å². The molecule has 0 saturated heterocycles. The van der Waals surface area contributed by atoms with Crippen molar-refractivity contribution in [2.45, 2.75) is 25.7 Å². The maximum atomic E-state index is 13.2. The third-order valence-electron chi connectivity index (χ3n) is 3.46. The first kappa shape index (κ1) is 15.9. The Labute approximate surface area is 125 Å². The molecule has 0 radical (unpaired) electrons. The summed E-state index contributed by atoms with van der Waals surface area (Å²) in [6.45, 7) is -0.472. The van der Waals surface area contributed by atoms with Crippen LogP contribution in [-0.2, 0) is 14.3 Å². The van der Waals surface area contributed by atoms with E-state index in [-0.39, 0.29) is 11.6 Å². The molecule has 1 saturated carbocycles. The van der Waals surface area contributed by atoms with Gasteiger partial charge in [-0.05, 0) is 25.0 Å². The molecule has 1 N–H and O–H groups in total.